The molecule has 2 aromatic rings. The Bertz CT molecular complexity index is 1430. The van der Waals surface area contributed by atoms with Gasteiger partial charge in [0, 0.05) is 36.6 Å². The lowest BCUT2D eigenvalue weighted by molar-refractivity contribution is -0.142. The number of nitrogens with two attached hydrogens (primary N) is 1. The van der Waals surface area contributed by atoms with Gasteiger partial charge in [-0.2, -0.15) is 0 Å². The number of likely N-dealkylation sites (N-methyl/N-ethyl adjacent to an activating group) is 2. The lowest BCUT2D eigenvalue weighted by atomic mass is 9.91. The molecule has 1 aromatic carbocycles. The minimum atomic E-state index is -1.05. The van der Waals surface area contributed by atoms with E-state index in [1.807, 2.05) is 58.7 Å². The summed E-state index contributed by atoms with van der Waals surface area (Å²) in [6.45, 7) is 12.3. The van der Waals surface area contributed by atoms with Crippen LogP contribution in [0.1, 0.15) is 101 Å². The largest absolute Gasteiger partial charge is 0.481 e. The summed E-state index contributed by atoms with van der Waals surface area (Å²) >= 11 is 1.15. The van der Waals surface area contributed by atoms with Crippen LogP contribution in [0.15, 0.2) is 29.6 Å². The second-order valence-electron chi connectivity index (χ2n) is 14.3. The van der Waals surface area contributed by atoms with Crippen LogP contribution in [0.4, 0.5) is 5.69 Å². The zero-order valence-corrected chi connectivity index (χ0v) is 31.0. The smallest absolute Gasteiger partial charge is 0.306 e. The average molecular weight is 701 g/mol. The number of nitrogens with zero attached hydrogens (tertiary/aromatic N) is 3. The summed E-state index contributed by atoms with van der Waals surface area (Å²) in [5.74, 6) is -2.58. The molecule has 6 N–H and O–H groups in total. The Morgan fingerprint density at radius 2 is 1.76 bits per heavy atom. The number of anilines is 1. The lowest BCUT2D eigenvalue weighted by Crippen LogP contribution is -2.60. The molecule has 0 bridgehead atoms. The molecule has 13 heteroatoms. The summed E-state index contributed by atoms with van der Waals surface area (Å²) in [4.78, 5) is 60.5. The molecular weight excluding hydrogens is 644 g/mol. The van der Waals surface area contributed by atoms with Crippen LogP contribution in [0.25, 0.3) is 0 Å². The summed E-state index contributed by atoms with van der Waals surface area (Å²) in [7, 11) is 3.65. The van der Waals surface area contributed by atoms with Gasteiger partial charge in [-0.05, 0) is 75.7 Å². The SMILES string of the molecule is CC[C@H](C)[C@H](NC(=O)[C@@]1(C)CCCN1C)C(=O)N(C)[C@H](C[C@@H](O)c1nc(C(=O)N[C@@H](Cc2ccc(N)cc2)C[C@H](C)C(=O)O)cs1)C(C)C. The number of carboxylic acids is 1. The number of carboxylic acid groups (broad SMARTS) is 1. The van der Waals surface area contributed by atoms with Gasteiger partial charge < -0.3 is 31.5 Å². The van der Waals surface area contributed by atoms with Crippen molar-refractivity contribution in [3.63, 3.8) is 0 Å². The Morgan fingerprint density at radius 1 is 1.10 bits per heavy atom. The highest BCUT2D eigenvalue weighted by Gasteiger charge is 2.43. The Morgan fingerprint density at radius 3 is 2.31 bits per heavy atom. The number of carbonyl (C=O) groups excluding carboxylic acids is 3. The molecule has 0 spiro atoms. The Kier molecular flexibility index (Phi) is 14.2. The average Bonchev–Trinajstić information content (AvgIpc) is 3.69. The first kappa shape index (κ1) is 39.9. The number of aliphatic hydroxyl groups excluding tert-OH is 1. The zero-order valence-electron chi connectivity index (χ0n) is 30.2. The van der Waals surface area contributed by atoms with E-state index in [9.17, 15) is 29.4 Å². The van der Waals surface area contributed by atoms with E-state index in [0.29, 0.717) is 23.5 Å². The number of hydrogen-bond acceptors (Lipinski definition) is 9. The number of nitrogens with one attached hydrogen (secondary N) is 2. The fraction of sp³-hybridized carbons (Fsp3) is 0.639. The van der Waals surface area contributed by atoms with Gasteiger partial charge >= 0.3 is 5.97 Å². The Balaban J connectivity index is 1.72. The maximum atomic E-state index is 14.0. The first-order chi connectivity index (χ1) is 23.0. The summed E-state index contributed by atoms with van der Waals surface area (Å²) in [5, 5.41) is 28.7. The first-order valence-corrected chi connectivity index (χ1v) is 18.2. The summed E-state index contributed by atoms with van der Waals surface area (Å²) < 4.78 is 0. The van der Waals surface area contributed by atoms with Crippen LogP contribution in [0, 0.1) is 17.8 Å². The van der Waals surface area contributed by atoms with Crippen LogP contribution >= 0.6 is 11.3 Å². The molecule has 1 aromatic heterocycles. The van der Waals surface area contributed by atoms with Crippen LogP contribution in [0.2, 0.25) is 0 Å². The van der Waals surface area contributed by atoms with Crippen molar-refractivity contribution in [2.24, 2.45) is 17.8 Å². The van der Waals surface area contributed by atoms with Crippen molar-refractivity contribution in [1.29, 1.82) is 0 Å². The van der Waals surface area contributed by atoms with Gasteiger partial charge in [0.2, 0.25) is 11.8 Å². The molecule has 1 aliphatic heterocycles. The topological polar surface area (TPSA) is 178 Å². The van der Waals surface area contributed by atoms with Crippen LogP contribution in [-0.4, -0.2) is 93.0 Å². The van der Waals surface area contributed by atoms with Gasteiger partial charge in [-0.15, -0.1) is 11.3 Å². The lowest BCUT2D eigenvalue weighted by Gasteiger charge is -2.38. The number of nitrogen functional groups attached to an aromatic ring is 1. The Hall–Kier alpha value is -3.55. The van der Waals surface area contributed by atoms with E-state index in [2.05, 4.69) is 15.6 Å². The zero-order chi connectivity index (χ0) is 36.6. The van der Waals surface area contributed by atoms with Crippen molar-refractivity contribution in [3.05, 3.63) is 45.9 Å². The maximum absolute atomic E-state index is 14.0. The number of carbonyl (C=O) groups is 4. The maximum Gasteiger partial charge on any atom is 0.306 e. The quantitative estimate of drug-likeness (QED) is 0.152. The van der Waals surface area contributed by atoms with E-state index < -0.39 is 41.5 Å². The van der Waals surface area contributed by atoms with Crippen molar-refractivity contribution in [2.45, 2.75) is 110 Å². The molecule has 3 rings (SSSR count). The van der Waals surface area contributed by atoms with Gasteiger partial charge in [0.05, 0.1) is 11.5 Å². The van der Waals surface area contributed by atoms with Crippen LogP contribution in [0.3, 0.4) is 0 Å². The molecule has 0 saturated carbocycles. The van der Waals surface area contributed by atoms with E-state index in [1.54, 1.807) is 36.4 Å². The second kappa shape index (κ2) is 17.4. The third-order valence-electron chi connectivity index (χ3n) is 10.2. The number of rotatable bonds is 17. The highest BCUT2D eigenvalue weighted by Crippen LogP contribution is 2.30. The van der Waals surface area contributed by atoms with Gasteiger partial charge in [-0.1, -0.05) is 53.2 Å². The van der Waals surface area contributed by atoms with Crippen LogP contribution < -0.4 is 16.4 Å². The summed E-state index contributed by atoms with van der Waals surface area (Å²) in [6.07, 6.45) is 2.12. The van der Waals surface area contributed by atoms with Crippen LogP contribution in [0.5, 0.6) is 0 Å². The number of amides is 3. The molecule has 272 valence electrons. The van der Waals surface area contributed by atoms with Crippen LogP contribution in [-0.2, 0) is 20.8 Å². The molecule has 3 amide bonds. The molecule has 0 radical (unpaired) electrons. The molecule has 1 aliphatic rings. The van der Waals surface area contributed by atoms with Crippen molar-refractivity contribution in [1.82, 2.24) is 25.4 Å². The number of aliphatic carboxylic acids is 1. The molecule has 1 saturated heterocycles. The number of aliphatic hydroxyl groups is 1. The molecule has 12 nitrogen and oxygen atoms in total. The molecule has 2 heterocycles. The van der Waals surface area contributed by atoms with Gasteiger partial charge in [0.25, 0.3) is 5.91 Å². The number of thiazole rings is 1. The summed E-state index contributed by atoms with van der Waals surface area (Å²) in [5.41, 5.74) is 6.77. The standard InChI is InChI=1S/C36H56N6O6S/c1-9-22(4)30(40-35(48)36(6)15-10-16-41(36)7)33(45)42(8)28(21(2)3)19-29(43)32-39-27(20-49-32)31(44)38-26(17-23(5)34(46)47)18-24-11-13-25(37)14-12-24/h11-14,20-23,26,28-30,43H,9-10,15-19,37H2,1-8H3,(H,38,44)(H,40,48)(H,46,47)/t22-,23-,26+,28+,29+,30-,36+/m0/s1. The van der Waals surface area contributed by atoms with Crippen molar-refractivity contribution >= 4 is 40.7 Å². The van der Waals surface area contributed by atoms with Gasteiger partial charge in [-0.3, -0.25) is 24.1 Å². The summed E-state index contributed by atoms with van der Waals surface area (Å²) in [6, 6.07) is 5.64. The van der Waals surface area contributed by atoms with E-state index in [0.717, 1.165) is 36.3 Å². The third-order valence-corrected chi connectivity index (χ3v) is 11.2. The van der Waals surface area contributed by atoms with Crippen molar-refractivity contribution < 1.29 is 29.4 Å². The number of likely N-dealkylation sites (tertiary alicyclic amines) is 1. The highest BCUT2D eigenvalue weighted by atomic mass is 32.1. The molecule has 7 atom stereocenters. The van der Waals surface area contributed by atoms with Gasteiger partial charge in [0.1, 0.15) is 22.8 Å². The van der Waals surface area contributed by atoms with E-state index in [4.69, 9.17) is 5.73 Å². The minimum Gasteiger partial charge on any atom is -0.481 e. The number of hydrogen-bond donors (Lipinski definition) is 5. The van der Waals surface area contributed by atoms with Gasteiger partial charge in [-0.25, -0.2) is 4.98 Å². The molecule has 0 aliphatic carbocycles. The predicted molar refractivity (Wildman–Crippen MR) is 192 cm³/mol. The Labute approximate surface area is 294 Å². The number of benzene rings is 1. The highest BCUT2D eigenvalue weighted by molar-refractivity contribution is 7.09. The molecule has 0 unspecified atom stereocenters. The van der Waals surface area contributed by atoms with Crippen molar-refractivity contribution in [3.8, 4) is 0 Å². The van der Waals surface area contributed by atoms with E-state index in [1.165, 1.54) is 0 Å². The monoisotopic (exact) mass is 700 g/mol. The fourth-order valence-electron chi connectivity index (χ4n) is 6.42. The van der Waals surface area contributed by atoms with E-state index >= 15 is 0 Å². The van der Waals surface area contributed by atoms with Gasteiger partial charge in [0.15, 0.2) is 0 Å². The molecule has 49 heavy (non-hydrogen) atoms. The first-order valence-electron chi connectivity index (χ1n) is 17.3. The van der Waals surface area contributed by atoms with E-state index in [-0.39, 0.29) is 48.2 Å². The normalized spacial score (nSPS) is 20.2. The minimum absolute atomic E-state index is 0.0246. The molecule has 1 fully saturated rings. The third kappa shape index (κ3) is 10.2. The fourth-order valence-corrected chi connectivity index (χ4v) is 7.21. The second-order valence-corrected chi connectivity index (χ2v) is 15.2. The van der Waals surface area contributed by atoms with Crippen molar-refractivity contribution in [2.75, 3.05) is 26.4 Å². The number of aromatic nitrogens is 1. The molecular formula is C36H56N6O6S. The predicted octanol–water partition coefficient (Wildman–Crippen LogP) is 4.10.